The highest BCUT2D eigenvalue weighted by Gasteiger charge is 2.06. The summed E-state index contributed by atoms with van der Waals surface area (Å²) in [6, 6.07) is 1.93. The normalized spacial score (nSPS) is 10.3. The van der Waals surface area contributed by atoms with Gasteiger partial charge in [-0.05, 0) is 24.1 Å². The van der Waals surface area contributed by atoms with Crippen LogP contribution in [0.5, 0.6) is 0 Å². The molecule has 1 rings (SSSR count). The Bertz CT molecular complexity index is 321. The molecule has 0 saturated carbocycles. The van der Waals surface area contributed by atoms with Gasteiger partial charge in [0.1, 0.15) is 0 Å². The lowest BCUT2D eigenvalue weighted by molar-refractivity contribution is -0.124. The Morgan fingerprint density at radius 1 is 1.57 bits per heavy atom. The van der Waals surface area contributed by atoms with Crippen molar-refractivity contribution in [2.75, 3.05) is 0 Å². The Balaban J connectivity index is 2.54. The maximum Gasteiger partial charge on any atom is 0.222 e. The van der Waals surface area contributed by atoms with Crippen LogP contribution in [0.2, 0.25) is 0 Å². The molecule has 14 heavy (non-hydrogen) atoms. The number of carbonyl (C=O) groups is 1. The van der Waals surface area contributed by atoms with Crippen molar-refractivity contribution in [1.29, 1.82) is 0 Å². The molecule has 1 N–H and O–H groups in total. The van der Waals surface area contributed by atoms with Gasteiger partial charge in [-0.3, -0.25) is 9.78 Å². The zero-order chi connectivity index (χ0) is 10.6. The second kappa shape index (κ2) is 4.74. The third-order valence-corrected chi connectivity index (χ3v) is 2.11. The van der Waals surface area contributed by atoms with Crippen molar-refractivity contribution in [3.63, 3.8) is 0 Å². The number of rotatable bonds is 3. The van der Waals surface area contributed by atoms with E-state index < -0.39 is 0 Å². The van der Waals surface area contributed by atoms with Gasteiger partial charge in [-0.2, -0.15) is 0 Å². The molecule has 1 heterocycles. The van der Waals surface area contributed by atoms with Gasteiger partial charge in [0.25, 0.3) is 0 Å². The summed E-state index contributed by atoms with van der Waals surface area (Å²) in [6.45, 7) is 6.35. The monoisotopic (exact) mass is 192 g/mol. The highest BCUT2D eigenvalue weighted by Crippen LogP contribution is 2.04. The van der Waals surface area contributed by atoms with E-state index in [0.717, 1.165) is 11.1 Å². The average Bonchev–Trinajstić information content (AvgIpc) is 2.16. The number of carbonyl (C=O) groups excluding carboxylic acids is 1. The first kappa shape index (κ1) is 10.7. The van der Waals surface area contributed by atoms with E-state index in [1.54, 1.807) is 12.4 Å². The second-order valence-corrected chi connectivity index (χ2v) is 3.67. The van der Waals surface area contributed by atoms with E-state index in [1.807, 2.05) is 26.8 Å². The Morgan fingerprint density at radius 2 is 2.29 bits per heavy atom. The summed E-state index contributed by atoms with van der Waals surface area (Å²) >= 11 is 0. The second-order valence-electron chi connectivity index (χ2n) is 3.67. The minimum Gasteiger partial charge on any atom is -0.352 e. The fourth-order valence-corrected chi connectivity index (χ4v) is 1.09. The first-order chi connectivity index (χ1) is 6.61. The van der Waals surface area contributed by atoms with Crippen molar-refractivity contribution in [2.45, 2.75) is 27.3 Å². The van der Waals surface area contributed by atoms with Crippen molar-refractivity contribution in [1.82, 2.24) is 10.3 Å². The van der Waals surface area contributed by atoms with Crippen molar-refractivity contribution in [3.8, 4) is 0 Å². The van der Waals surface area contributed by atoms with Gasteiger partial charge in [-0.15, -0.1) is 0 Å². The molecule has 0 atom stereocenters. The maximum absolute atomic E-state index is 11.3. The van der Waals surface area contributed by atoms with Crippen LogP contribution in [0.15, 0.2) is 18.5 Å². The van der Waals surface area contributed by atoms with Crippen molar-refractivity contribution >= 4 is 5.91 Å². The van der Waals surface area contributed by atoms with Crippen LogP contribution in [-0.4, -0.2) is 10.9 Å². The number of amides is 1. The summed E-state index contributed by atoms with van der Waals surface area (Å²) in [5.41, 5.74) is 2.23. The average molecular weight is 192 g/mol. The molecule has 0 aliphatic rings. The molecule has 0 aromatic carbocycles. The fourth-order valence-electron chi connectivity index (χ4n) is 1.09. The standard InChI is InChI=1S/C11H16N2O/c1-8(2)11(14)13-7-10-4-5-12-6-9(10)3/h4-6,8H,7H2,1-3H3,(H,13,14). The molecule has 0 bridgehead atoms. The minimum absolute atomic E-state index is 0.0390. The first-order valence-corrected chi connectivity index (χ1v) is 4.78. The molecular formula is C11H16N2O. The smallest absolute Gasteiger partial charge is 0.222 e. The van der Waals surface area contributed by atoms with Crippen LogP contribution >= 0.6 is 0 Å². The van der Waals surface area contributed by atoms with Crippen LogP contribution < -0.4 is 5.32 Å². The highest BCUT2D eigenvalue weighted by atomic mass is 16.1. The molecule has 0 unspecified atom stereocenters. The van der Waals surface area contributed by atoms with Crippen LogP contribution in [0, 0.1) is 12.8 Å². The predicted octanol–water partition coefficient (Wildman–Crippen LogP) is 1.66. The Kier molecular flexibility index (Phi) is 3.63. The lowest BCUT2D eigenvalue weighted by Gasteiger charge is -2.08. The lowest BCUT2D eigenvalue weighted by Crippen LogP contribution is -2.27. The van der Waals surface area contributed by atoms with E-state index in [4.69, 9.17) is 0 Å². The van der Waals surface area contributed by atoms with Gasteiger partial charge < -0.3 is 5.32 Å². The summed E-state index contributed by atoms with van der Waals surface area (Å²) in [5, 5.41) is 2.87. The molecule has 1 amide bonds. The topological polar surface area (TPSA) is 42.0 Å². The van der Waals surface area contributed by atoms with E-state index in [9.17, 15) is 4.79 Å². The lowest BCUT2D eigenvalue weighted by atomic mass is 10.1. The number of nitrogens with zero attached hydrogens (tertiary/aromatic N) is 1. The van der Waals surface area contributed by atoms with Gasteiger partial charge in [0, 0.05) is 24.9 Å². The molecule has 0 aliphatic heterocycles. The summed E-state index contributed by atoms with van der Waals surface area (Å²) in [6.07, 6.45) is 3.54. The Labute approximate surface area is 84.6 Å². The number of aromatic nitrogens is 1. The molecule has 1 aromatic rings. The molecule has 76 valence electrons. The molecule has 3 heteroatoms. The van der Waals surface area contributed by atoms with Gasteiger partial charge in [0.15, 0.2) is 0 Å². The molecule has 1 aromatic heterocycles. The van der Waals surface area contributed by atoms with E-state index >= 15 is 0 Å². The Hall–Kier alpha value is -1.38. The number of hydrogen-bond donors (Lipinski definition) is 1. The number of pyridine rings is 1. The predicted molar refractivity (Wildman–Crippen MR) is 55.7 cm³/mol. The van der Waals surface area contributed by atoms with Gasteiger partial charge in [0.05, 0.1) is 0 Å². The Morgan fingerprint density at radius 3 is 2.86 bits per heavy atom. The molecule has 3 nitrogen and oxygen atoms in total. The number of nitrogens with one attached hydrogen (secondary N) is 1. The number of aryl methyl sites for hydroxylation is 1. The largest absolute Gasteiger partial charge is 0.352 e. The summed E-state index contributed by atoms with van der Waals surface area (Å²) < 4.78 is 0. The minimum atomic E-state index is 0.0390. The van der Waals surface area contributed by atoms with E-state index in [1.165, 1.54) is 0 Å². The maximum atomic E-state index is 11.3. The summed E-state index contributed by atoms with van der Waals surface area (Å²) in [4.78, 5) is 15.3. The molecule has 0 radical (unpaired) electrons. The zero-order valence-electron chi connectivity index (χ0n) is 8.87. The quantitative estimate of drug-likeness (QED) is 0.791. The van der Waals surface area contributed by atoms with Gasteiger partial charge in [-0.1, -0.05) is 13.8 Å². The fraction of sp³-hybridized carbons (Fsp3) is 0.455. The first-order valence-electron chi connectivity index (χ1n) is 4.78. The van der Waals surface area contributed by atoms with Gasteiger partial charge in [-0.25, -0.2) is 0 Å². The van der Waals surface area contributed by atoms with Crippen molar-refractivity contribution in [2.24, 2.45) is 5.92 Å². The van der Waals surface area contributed by atoms with E-state index in [-0.39, 0.29) is 11.8 Å². The van der Waals surface area contributed by atoms with Crippen LogP contribution in [0.25, 0.3) is 0 Å². The van der Waals surface area contributed by atoms with Gasteiger partial charge in [0.2, 0.25) is 5.91 Å². The van der Waals surface area contributed by atoms with E-state index in [0.29, 0.717) is 6.54 Å². The van der Waals surface area contributed by atoms with Crippen LogP contribution in [0.1, 0.15) is 25.0 Å². The molecule has 0 spiro atoms. The highest BCUT2D eigenvalue weighted by molar-refractivity contribution is 5.77. The third-order valence-electron chi connectivity index (χ3n) is 2.11. The van der Waals surface area contributed by atoms with Crippen molar-refractivity contribution in [3.05, 3.63) is 29.6 Å². The van der Waals surface area contributed by atoms with Crippen LogP contribution in [-0.2, 0) is 11.3 Å². The molecule has 0 aliphatic carbocycles. The zero-order valence-corrected chi connectivity index (χ0v) is 8.87. The SMILES string of the molecule is Cc1cnccc1CNC(=O)C(C)C. The number of hydrogen-bond acceptors (Lipinski definition) is 2. The molecular weight excluding hydrogens is 176 g/mol. The van der Waals surface area contributed by atoms with Crippen LogP contribution in [0.3, 0.4) is 0 Å². The van der Waals surface area contributed by atoms with Crippen molar-refractivity contribution < 1.29 is 4.79 Å². The van der Waals surface area contributed by atoms with Gasteiger partial charge >= 0.3 is 0 Å². The van der Waals surface area contributed by atoms with E-state index in [2.05, 4.69) is 10.3 Å². The third kappa shape index (κ3) is 2.83. The van der Waals surface area contributed by atoms with Crippen LogP contribution in [0.4, 0.5) is 0 Å². The summed E-state index contributed by atoms with van der Waals surface area (Å²) in [7, 11) is 0. The molecule has 0 fully saturated rings. The molecule has 0 saturated heterocycles. The summed E-state index contributed by atoms with van der Waals surface area (Å²) in [5.74, 6) is 0.123.